The van der Waals surface area contributed by atoms with Crippen LogP contribution in [0.25, 0.3) is 0 Å². The molecule has 8 heteroatoms. The number of aliphatic hydroxyl groups excluding tert-OH is 1. The standard InChI is InChI=1S/C15H19FN2O4S/c1-3-8-23-17-15(21)13(19)9-14(20)18(22-2)10-11-4-6-12(16)7-5-11/h4-7,9,19H,3,8,10H2,1-2H3,(H,17,21)/b13-9-. The highest BCUT2D eigenvalue weighted by atomic mass is 32.2. The Morgan fingerprint density at radius 3 is 2.61 bits per heavy atom. The largest absolute Gasteiger partial charge is 0.503 e. The van der Waals surface area contributed by atoms with Crippen molar-refractivity contribution >= 4 is 23.8 Å². The molecular formula is C15H19FN2O4S. The molecule has 0 aliphatic heterocycles. The van der Waals surface area contributed by atoms with Crippen LogP contribution < -0.4 is 4.72 Å². The van der Waals surface area contributed by atoms with Gasteiger partial charge in [-0.2, -0.15) is 0 Å². The molecule has 1 rings (SSSR count). The summed E-state index contributed by atoms with van der Waals surface area (Å²) in [4.78, 5) is 28.5. The quantitative estimate of drug-likeness (QED) is 0.249. The Bertz CT molecular complexity index is 563. The van der Waals surface area contributed by atoms with Crippen molar-refractivity contribution in [3.8, 4) is 0 Å². The van der Waals surface area contributed by atoms with Crippen LogP contribution in [0, 0.1) is 5.82 Å². The zero-order valence-corrected chi connectivity index (χ0v) is 13.7. The van der Waals surface area contributed by atoms with Crippen molar-refractivity contribution in [2.45, 2.75) is 19.9 Å². The predicted molar refractivity (Wildman–Crippen MR) is 85.6 cm³/mol. The van der Waals surface area contributed by atoms with E-state index >= 15 is 0 Å². The molecule has 0 aliphatic carbocycles. The number of amides is 2. The second-order valence-electron chi connectivity index (χ2n) is 4.49. The number of benzene rings is 1. The third-order valence-corrected chi connectivity index (χ3v) is 3.61. The molecule has 0 unspecified atom stereocenters. The predicted octanol–water partition coefficient (Wildman–Crippen LogP) is 2.33. The Balaban J connectivity index is 2.66. The van der Waals surface area contributed by atoms with Gasteiger partial charge in [-0.25, -0.2) is 9.45 Å². The molecule has 0 aromatic heterocycles. The highest BCUT2D eigenvalue weighted by Gasteiger charge is 2.16. The van der Waals surface area contributed by atoms with Crippen LogP contribution in [-0.4, -0.2) is 34.8 Å². The Labute approximate surface area is 138 Å². The topological polar surface area (TPSA) is 78.9 Å². The number of carbonyl (C=O) groups is 2. The monoisotopic (exact) mass is 342 g/mol. The van der Waals surface area contributed by atoms with Crippen molar-refractivity contribution in [3.63, 3.8) is 0 Å². The number of rotatable bonds is 8. The summed E-state index contributed by atoms with van der Waals surface area (Å²) in [5, 5.41) is 10.6. The van der Waals surface area contributed by atoms with Crippen LogP contribution in [0.15, 0.2) is 36.1 Å². The molecule has 0 radical (unpaired) electrons. The van der Waals surface area contributed by atoms with Gasteiger partial charge in [0.25, 0.3) is 11.8 Å². The molecule has 0 atom stereocenters. The third kappa shape index (κ3) is 6.70. The lowest BCUT2D eigenvalue weighted by molar-refractivity contribution is -0.173. The van der Waals surface area contributed by atoms with E-state index in [9.17, 15) is 19.1 Å². The Kier molecular flexibility index (Phi) is 8.14. The van der Waals surface area contributed by atoms with Crippen molar-refractivity contribution in [2.75, 3.05) is 12.9 Å². The first kappa shape index (κ1) is 19.0. The highest BCUT2D eigenvalue weighted by Crippen LogP contribution is 2.08. The molecule has 2 amide bonds. The maximum atomic E-state index is 12.9. The van der Waals surface area contributed by atoms with Gasteiger partial charge in [-0.1, -0.05) is 31.0 Å². The molecule has 0 bridgehead atoms. The number of hydrogen-bond donors (Lipinski definition) is 2. The van der Waals surface area contributed by atoms with E-state index < -0.39 is 17.6 Å². The first-order valence-corrected chi connectivity index (χ1v) is 7.89. The van der Waals surface area contributed by atoms with E-state index in [4.69, 9.17) is 4.84 Å². The molecule has 6 nitrogen and oxygen atoms in total. The van der Waals surface area contributed by atoms with Crippen molar-refractivity contribution in [2.24, 2.45) is 0 Å². The second kappa shape index (κ2) is 9.86. The fourth-order valence-electron chi connectivity index (χ4n) is 1.51. The van der Waals surface area contributed by atoms with E-state index in [0.29, 0.717) is 11.3 Å². The minimum absolute atomic E-state index is 0.0472. The molecule has 23 heavy (non-hydrogen) atoms. The van der Waals surface area contributed by atoms with Crippen LogP contribution in [0.5, 0.6) is 0 Å². The first-order chi connectivity index (χ1) is 11.0. The number of nitrogens with one attached hydrogen (secondary N) is 1. The molecule has 1 aromatic carbocycles. The smallest absolute Gasteiger partial charge is 0.296 e. The fraction of sp³-hybridized carbons (Fsp3) is 0.333. The Hall–Kier alpha value is -2.06. The van der Waals surface area contributed by atoms with Gasteiger partial charge in [0.15, 0.2) is 5.76 Å². The Morgan fingerprint density at radius 2 is 2.04 bits per heavy atom. The number of carbonyl (C=O) groups excluding carboxylic acids is 2. The number of hydrogen-bond acceptors (Lipinski definition) is 5. The van der Waals surface area contributed by atoms with Gasteiger partial charge in [0, 0.05) is 5.75 Å². The zero-order valence-electron chi connectivity index (χ0n) is 12.9. The summed E-state index contributed by atoms with van der Waals surface area (Å²) < 4.78 is 15.3. The van der Waals surface area contributed by atoms with E-state index in [1.807, 2.05) is 6.92 Å². The van der Waals surface area contributed by atoms with Gasteiger partial charge in [0.2, 0.25) is 0 Å². The molecule has 2 N–H and O–H groups in total. The first-order valence-electron chi connectivity index (χ1n) is 6.90. The summed E-state index contributed by atoms with van der Waals surface area (Å²) >= 11 is 1.14. The van der Waals surface area contributed by atoms with E-state index in [0.717, 1.165) is 29.5 Å². The van der Waals surface area contributed by atoms with Crippen molar-refractivity contribution in [1.29, 1.82) is 0 Å². The fourth-order valence-corrected chi connectivity index (χ4v) is 2.06. The van der Waals surface area contributed by atoms with Crippen molar-refractivity contribution in [3.05, 3.63) is 47.5 Å². The second-order valence-corrected chi connectivity index (χ2v) is 5.39. The Morgan fingerprint density at radius 1 is 1.39 bits per heavy atom. The zero-order chi connectivity index (χ0) is 17.2. The molecule has 0 saturated carbocycles. The molecule has 0 aliphatic rings. The van der Waals surface area contributed by atoms with Crippen molar-refractivity contribution in [1.82, 2.24) is 9.79 Å². The summed E-state index contributed by atoms with van der Waals surface area (Å²) in [5.41, 5.74) is 0.637. The van der Waals surface area contributed by atoms with Gasteiger partial charge in [-0.15, -0.1) is 0 Å². The molecule has 1 aromatic rings. The van der Waals surface area contributed by atoms with Gasteiger partial charge in [-0.05, 0) is 24.1 Å². The van der Waals surface area contributed by atoms with Crippen LogP contribution in [0.3, 0.4) is 0 Å². The number of aliphatic hydroxyl groups is 1. The molecule has 126 valence electrons. The maximum Gasteiger partial charge on any atom is 0.296 e. The SMILES string of the molecule is CCCSNC(=O)/C(O)=C/C(=O)N(Cc1ccc(F)cc1)OC. The van der Waals surface area contributed by atoms with Crippen molar-refractivity contribution < 1.29 is 23.9 Å². The summed E-state index contributed by atoms with van der Waals surface area (Å²) in [5.74, 6) is -1.86. The molecular weight excluding hydrogens is 323 g/mol. The molecule has 0 spiro atoms. The summed E-state index contributed by atoms with van der Waals surface area (Å²) in [6, 6.07) is 5.54. The lowest BCUT2D eigenvalue weighted by atomic mass is 10.2. The van der Waals surface area contributed by atoms with E-state index in [-0.39, 0.29) is 12.4 Å². The van der Waals surface area contributed by atoms with Crippen LogP contribution in [0.4, 0.5) is 4.39 Å². The van der Waals surface area contributed by atoms with Crippen LogP contribution in [0.1, 0.15) is 18.9 Å². The molecule has 0 heterocycles. The van der Waals surface area contributed by atoms with Gasteiger partial charge >= 0.3 is 0 Å². The van der Waals surface area contributed by atoms with E-state index in [2.05, 4.69) is 4.72 Å². The van der Waals surface area contributed by atoms with Crippen LogP contribution >= 0.6 is 11.9 Å². The molecule has 0 fully saturated rings. The average Bonchev–Trinajstić information content (AvgIpc) is 2.54. The summed E-state index contributed by atoms with van der Waals surface area (Å²) in [6.07, 6.45) is 1.64. The van der Waals surface area contributed by atoms with Crippen LogP contribution in [0.2, 0.25) is 0 Å². The number of hydroxylamine groups is 2. The minimum Gasteiger partial charge on any atom is -0.503 e. The molecule has 0 saturated heterocycles. The normalized spacial score (nSPS) is 11.2. The average molecular weight is 342 g/mol. The summed E-state index contributed by atoms with van der Waals surface area (Å²) in [6.45, 7) is 2.00. The van der Waals surface area contributed by atoms with Gasteiger partial charge in [0.05, 0.1) is 19.7 Å². The van der Waals surface area contributed by atoms with E-state index in [1.54, 1.807) is 0 Å². The third-order valence-electron chi connectivity index (χ3n) is 2.67. The minimum atomic E-state index is -0.755. The van der Waals surface area contributed by atoms with Crippen LogP contribution in [-0.2, 0) is 21.0 Å². The summed E-state index contributed by atoms with van der Waals surface area (Å²) in [7, 11) is 1.28. The van der Waals surface area contributed by atoms with Gasteiger partial charge in [-0.3, -0.25) is 19.1 Å². The lowest BCUT2D eigenvalue weighted by Crippen LogP contribution is -2.29. The highest BCUT2D eigenvalue weighted by molar-refractivity contribution is 7.97. The number of halogens is 1. The van der Waals surface area contributed by atoms with Gasteiger partial charge in [0.1, 0.15) is 5.82 Å². The van der Waals surface area contributed by atoms with E-state index in [1.165, 1.54) is 31.4 Å². The number of nitrogens with zero attached hydrogens (tertiary/aromatic N) is 1. The lowest BCUT2D eigenvalue weighted by Gasteiger charge is -2.18. The van der Waals surface area contributed by atoms with Gasteiger partial charge < -0.3 is 5.11 Å². The maximum absolute atomic E-state index is 12.9.